The van der Waals surface area contributed by atoms with Gasteiger partial charge in [0.15, 0.2) is 0 Å². The van der Waals surface area contributed by atoms with E-state index in [-0.39, 0.29) is 28.4 Å². The second kappa shape index (κ2) is 7.03. The van der Waals surface area contributed by atoms with Gasteiger partial charge in [-0.15, -0.1) is 0 Å². The van der Waals surface area contributed by atoms with E-state index >= 15 is 0 Å². The van der Waals surface area contributed by atoms with Crippen molar-refractivity contribution in [2.45, 2.75) is 63.6 Å². The summed E-state index contributed by atoms with van der Waals surface area (Å²) in [4.78, 5) is 28.0. The van der Waals surface area contributed by atoms with Crippen LogP contribution in [0.2, 0.25) is 0 Å². The number of nitrogens with zero attached hydrogens (tertiary/aromatic N) is 3. The Balaban J connectivity index is 1.68. The molecule has 7 nitrogen and oxygen atoms in total. The van der Waals surface area contributed by atoms with Crippen molar-refractivity contribution in [3.8, 4) is 0 Å². The number of amides is 1. The molecule has 152 valence electrons. The minimum absolute atomic E-state index is 0.108. The van der Waals surface area contributed by atoms with Crippen molar-refractivity contribution in [2.75, 3.05) is 31.1 Å². The Kier molecular flexibility index (Phi) is 4.81. The molecule has 2 saturated heterocycles. The highest BCUT2D eigenvalue weighted by atomic mass is 16.6. The molecule has 0 radical (unpaired) electrons. The van der Waals surface area contributed by atoms with Crippen LogP contribution in [0.4, 0.5) is 11.4 Å². The summed E-state index contributed by atoms with van der Waals surface area (Å²) in [6, 6.07) is 4.99. The van der Waals surface area contributed by atoms with Gasteiger partial charge in [-0.1, -0.05) is 12.8 Å². The van der Waals surface area contributed by atoms with Crippen LogP contribution in [0.25, 0.3) is 0 Å². The van der Waals surface area contributed by atoms with Gasteiger partial charge in [-0.05, 0) is 51.7 Å². The fourth-order valence-electron chi connectivity index (χ4n) is 5.12. The van der Waals surface area contributed by atoms with Crippen molar-refractivity contribution in [1.82, 2.24) is 4.90 Å². The number of nitro benzene ring substituents is 1. The number of hydrogen-bond acceptors (Lipinski definition) is 5. The topological polar surface area (TPSA) is 75.9 Å². The number of morpholine rings is 1. The Morgan fingerprint density at radius 2 is 1.79 bits per heavy atom. The van der Waals surface area contributed by atoms with Gasteiger partial charge in [0.25, 0.3) is 11.6 Å². The van der Waals surface area contributed by atoms with E-state index in [9.17, 15) is 14.9 Å². The summed E-state index contributed by atoms with van der Waals surface area (Å²) in [5, 5.41) is 11.5. The highest BCUT2D eigenvalue weighted by Gasteiger charge is 2.46. The predicted molar refractivity (Wildman–Crippen MR) is 107 cm³/mol. The molecular formula is C21H29N3O4. The van der Waals surface area contributed by atoms with E-state index in [4.69, 9.17) is 4.74 Å². The molecule has 0 aromatic heterocycles. The third-order valence-electron chi connectivity index (χ3n) is 6.22. The van der Waals surface area contributed by atoms with E-state index in [0.29, 0.717) is 19.6 Å². The van der Waals surface area contributed by atoms with Crippen LogP contribution in [-0.4, -0.2) is 53.1 Å². The largest absolute Gasteiger partial charge is 0.366 e. The molecule has 1 aromatic rings. The SMILES string of the molecule is CC1(C)CN(c2ccc([N+](=O)[O-])c(C(=O)N3CCCC3)c2)CC2(CCCC2)O1. The standard InChI is InChI=1S/C21H29N3O4/c1-20(2)14-23(15-21(28-20)9-3-4-10-21)16-7-8-18(24(26)27)17(13-16)19(25)22-11-5-6-12-22/h7-8,13H,3-6,9-12,14-15H2,1-2H3. The summed E-state index contributed by atoms with van der Waals surface area (Å²) in [5.41, 5.74) is 0.514. The third kappa shape index (κ3) is 3.60. The van der Waals surface area contributed by atoms with E-state index in [2.05, 4.69) is 18.7 Å². The summed E-state index contributed by atoms with van der Waals surface area (Å²) in [7, 11) is 0. The monoisotopic (exact) mass is 387 g/mol. The molecule has 4 rings (SSSR count). The minimum atomic E-state index is -0.450. The predicted octanol–water partition coefficient (Wildman–Crippen LogP) is 3.76. The van der Waals surface area contributed by atoms with Gasteiger partial charge in [0.1, 0.15) is 5.56 Å². The summed E-state index contributed by atoms with van der Waals surface area (Å²) < 4.78 is 6.47. The molecule has 0 atom stereocenters. The Hall–Kier alpha value is -2.15. The second-order valence-electron chi connectivity index (χ2n) is 9.07. The maximum Gasteiger partial charge on any atom is 0.282 e. The number of likely N-dealkylation sites (tertiary alicyclic amines) is 1. The van der Waals surface area contributed by atoms with Gasteiger partial charge < -0.3 is 14.5 Å². The van der Waals surface area contributed by atoms with Gasteiger partial charge >= 0.3 is 0 Å². The number of nitro groups is 1. The van der Waals surface area contributed by atoms with Gasteiger partial charge in [-0.3, -0.25) is 14.9 Å². The van der Waals surface area contributed by atoms with Crippen LogP contribution in [0.1, 0.15) is 62.7 Å². The van der Waals surface area contributed by atoms with Gasteiger partial charge in [0.2, 0.25) is 0 Å². The first-order valence-electron chi connectivity index (χ1n) is 10.3. The molecule has 7 heteroatoms. The Bertz CT molecular complexity index is 780. The molecule has 1 amide bonds. The number of anilines is 1. The molecule has 28 heavy (non-hydrogen) atoms. The molecule has 0 N–H and O–H groups in total. The maximum atomic E-state index is 13.0. The summed E-state index contributed by atoms with van der Waals surface area (Å²) in [6.45, 7) is 7.01. The molecule has 1 saturated carbocycles. The van der Waals surface area contributed by atoms with Crippen LogP contribution >= 0.6 is 0 Å². The first-order valence-corrected chi connectivity index (χ1v) is 10.3. The number of benzene rings is 1. The summed E-state index contributed by atoms with van der Waals surface area (Å²) in [5.74, 6) is -0.228. The van der Waals surface area contributed by atoms with E-state index in [1.54, 1.807) is 17.0 Å². The lowest BCUT2D eigenvalue weighted by molar-refractivity contribution is -0.385. The average molecular weight is 387 g/mol. The van der Waals surface area contributed by atoms with E-state index in [1.807, 2.05) is 0 Å². The van der Waals surface area contributed by atoms with E-state index < -0.39 is 4.92 Å². The van der Waals surface area contributed by atoms with Crippen LogP contribution in [0.15, 0.2) is 18.2 Å². The van der Waals surface area contributed by atoms with Crippen molar-refractivity contribution >= 4 is 17.3 Å². The number of carbonyl (C=O) groups is 1. The Labute approximate surface area is 165 Å². The quantitative estimate of drug-likeness (QED) is 0.583. The zero-order valence-electron chi connectivity index (χ0n) is 16.8. The van der Waals surface area contributed by atoms with Crippen LogP contribution < -0.4 is 4.90 Å². The lowest BCUT2D eigenvalue weighted by atomic mass is 9.93. The third-order valence-corrected chi connectivity index (χ3v) is 6.22. The molecule has 0 unspecified atom stereocenters. The zero-order valence-corrected chi connectivity index (χ0v) is 16.8. The molecular weight excluding hydrogens is 358 g/mol. The molecule has 2 aliphatic heterocycles. The number of ether oxygens (including phenoxy) is 1. The van der Waals surface area contributed by atoms with E-state index in [0.717, 1.165) is 37.9 Å². The zero-order chi connectivity index (χ0) is 19.9. The number of carbonyl (C=O) groups excluding carboxylic acids is 1. The lowest BCUT2D eigenvalue weighted by Crippen LogP contribution is -2.58. The smallest absolute Gasteiger partial charge is 0.282 e. The fourth-order valence-corrected chi connectivity index (χ4v) is 5.12. The van der Waals surface area contributed by atoms with Crippen molar-refractivity contribution in [3.05, 3.63) is 33.9 Å². The molecule has 3 fully saturated rings. The fraction of sp³-hybridized carbons (Fsp3) is 0.667. The van der Waals surface area contributed by atoms with Crippen LogP contribution in [0.5, 0.6) is 0 Å². The summed E-state index contributed by atoms with van der Waals surface area (Å²) >= 11 is 0. The second-order valence-corrected chi connectivity index (χ2v) is 9.07. The van der Waals surface area contributed by atoms with Crippen molar-refractivity contribution in [3.63, 3.8) is 0 Å². The van der Waals surface area contributed by atoms with Crippen molar-refractivity contribution < 1.29 is 14.5 Å². The highest BCUT2D eigenvalue weighted by molar-refractivity contribution is 5.99. The number of rotatable bonds is 3. The molecule has 3 aliphatic rings. The van der Waals surface area contributed by atoms with Crippen LogP contribution in [0, 0.1) is 10.1 Å². The first kappa shape index (κ1) is 19.2. The van der Waals surface area contributed by atoms with Gasteiger partial charge in [0, 0.05) is 37.9 Å². The lowest BCUT2D eigenvalue weighted by Gasteiger charge is -2.49. The van der Waals surface area contributed by atoms with Crippen LogP contribution in [-0.2, 0) is 4.74 Å². The average Bonchev–Trinajstić information content (AvgIpc) is 3.31. The highest BCUT2D eigenvalue weighted by Crippen LogP contribution is 2.42. The molecule has 1 aromatic carbocycles. The van der Waals surface area contributed by atoms with Gasteiger partial charge in [-0.25, -0.2) is 0 Å². The van der Waals surface area contributed by atoms with Gasteiger partial charge in [-0.2, -0.15) is 0 Å². The molecule has 1 spiro atoms. The van der Waals surface area contributed by atoms with Crippen LogP contribution in [0.3, 0.4) is 0 Å². The van der Waals surface area contributed by atoms with Crippen molar-refractivity contribution in [1.29, 1.82) is 0 Å². The Morgan fingerprint density at radius 1 is 1.11 bits per heavy atom. The molecule has 1 aliphatic carbocycles. The van der Waals surface area contributed by atoms with Gasteiger partial charge in [0.05, 0.1) is 16.1 Å². The molecule has 0 bridgehead atoms. The van der Waals surface area contributed by atoms with E-state index in [1.165, 1.54) is 18.9 Å². The normalized spacial score (nSPS) is 23.4. The Morgan fingerprint density at radius 3 is 2.43 bits per heavy atom. The maximum absolute atomic E-state index is 13.0. The minimum Gasteiger partial charge on any atom is -0.366 e. The number of hydrogen-bond donors (Lipinski definition) is 0. The molecule has 2 heterocycles. The van der Waals surface area contributed by atoms with Crippen molar-refractivity contribution in [2.24, 2.45) is 0 Å². The summed E-state index contributed by atoms with van der Waals surface area (Å²) in [6.07, 6.45) is 6.34. The first-order chi connectivity index (χ1) is 13.3.